The lowest BCUT2D eigenvalue weighted by Gasteiger charge is -2.11. The number of nitrogens with one attached hydrogen (secondary N) is 2. The fourth-order valence-electron chi connectivity index (χ4n) is 4.60. The van der Waals surface area contributed by atoms with E-state index in [9.17, 15) is 29.4 Å². The molecule has 2 heterocycles. The minimum Gasteiger partial charge on any atom is -0.505 e. The number of benzene rings is 4. The van der Waals surface area contributed by atoms with Gasteiger partial charge in [-0.2, -0.15) is 0 Å². The molecule has 0 fully saturated rings. The van der Waals surface area contributed by atoms with Crippen molar-refractivity contribution < 1.29 is 39.6 Å². The van der Waals surface area contributed by atoms with Crippen LogP contribution >= 0.6 is 35.1 Å². The number of carbonyl (C=O) groups excluding carboxylic acids is 2. The molecular weight excluding hydrogens is 716 g/mol. The fraction of sp³-hybridized carbons (Fsp3) is 0.0556. The summed E-state index contributed by atoms with van der Waals surface area (Å²) in [6.07, 6.45) is 0. The lowest BCUT2D eigenvalue weighted by atomic mass is 10.1. The molecule has 6 aromatic rings. The van der Waals surface area contributed by atoms with Crippen molar-refractivity contribution in [2.75, 3.05) is 13.1 Å². The van der Waals surface area contributed by atoms with Gasteiger partial charge in [-0.25, -0.2) is 9.97 Å². The maximum atomic E-state index is 12.2. The van der Waals surface area contributed by atoms with E-state index in [-0.39, 0.29) is 22.9 Å². The highest BCUT2D eigenvalue weighted by atomic mass is 35.5. The zero-order valence-corrected chi connectivity index (χ0v) is 28.6. The van der Waals surface area contributed by atoms with Crippen LogP contribution < -0.4 is 10.6 Å². The summed E-state index contributed by atoms with van der Waals surface area (Å²) in [5.74, 6) is -4.41. The number of nitrogens with zero attached hydrogens (tertiary/aromatic N) is 2. The number of carbonyl (C=O) groups is 4. The van der Waals surface area contributed by atoms with Crippen molar-refractivity contribution in [1.82, 2.24) is 20.6 Å². The number of fused-ring (bicyclic) bond motifs is 2. The number of hydrogen-bond donors (Lipinski definition) is 6. The lowest BCUT2D eigenvalue weighted by molar-refractivity contribution is -0.136. The van der Waals surface area contributed by atoms with Crippen LogP contribution in [-0.2, 0) is 9.59 Å². The van der Waals surface area contributed by atoms with Gasteiger partial charge in [0.15, 0.2) is 22.9 Å². The molecule has 0 saturated carbocycles. The van der Waals surface area contributed by atoms with E-state index in [0.29, 0.717) is 36.6 Å². The predicted octanol–water partition coefficient (Wildman–Crippen LogP) is 6.47. The van der Waals surface area contributed by atoms with Crippen LogP contribution in [0.25, 0.3) is 21.5 Å². The minimum atomic E-state index is -1.19. The van der Waals surface area contributed by atoms with Crippen molar-refractivity contribution in [1.29, 1.82) is 0 Å². The second kappa shape index (κ2) is 16.7. The van der Waals surface area contributed by atoms with Crippen molar-refractivity contribution in [2.45, 2.75) is 19.8 Å². The number of amides is 2. The summed E-state index contributed by atoms with van der Waals surface area (Å²) >= 11 is 8.58. The molecule has 15 heteroatoms. The molecule has 51 heavy (non-hydrogen) atoms. The molecule has 258 valence electrons. The van der Waals surface area contributed by atoms with Crippen LogP contribution in [0.3, 0.4) is 0 Å². The summed E-state index contributed by atoms with van der Waals surface area (Å²) in [5, 5.41) is 46.7. The van der Waals surface area contributed by atoms with Gasteiger partial charge in [0.25, 0.3) is 11.8 Å². The summed E-state index contributed by atoms with van der Waals surface area (Å²) in [6, 6.07) is 30.7. The maximum Gasteiger partial charge on any atom is 0.322 e. The van der Waals surface area contributed by atoms with Gasteiger partial charge in [0.05, 0.1) is 0 Å². The van der Waals surface area contributed by atoms with Gasteiger partial charge in [-0.05, 0) is 36.4 Å². The molecule has 0 saturated heterocycles. The third-order valence-electron chi connectivity index (χ3n) is 6.92. The van der Waals surface area contributed by atoms with E-state index in [4.69, 9.17) is 21.8 Å². The van der Waals surface area contributed by atoms with Gasteiger partial charge in [-0.1, -0.05) is 102 Å². The standard InChI is InChI=1S/C18H13ClN2O4S.C18H14N2O4S/c19-10-5-7-11(8-6-10)26-18-13-4-2-1-3-12(13)16(24)15(21-18)17(25)20-9-14(22)23;21-14(22)10-19-17(24)15-16(23)12-8-4-5-9-13(12)18(20-15)25-11-6-2-1-3-7-11/h1-8,24H,9H2,(H,20,25)(H,22,23);1-9,23H,10H2,(H,19,24)(H,21,22). The Balaban J connectivity index is 0.000000198. The van der Waals surface area contributed by atoms with Crippen molar-refractivity contribution >= 4 is 80.4 Å². The molecular formula is C36H27ClN4O8S2. The smallest absolute Gasteiger partial charge is 0.322 e. The Kier molecular flexibility index (Phi) is 11.9. The van der Waals surface area contributed by atoms with Crippen molar-refractivity contribution in [3.8, 4) is 11.5 Å². The third-order valence-corrected chi connectivity index (χ3v) is 9.19. The average molecular weight is 743 g/mol. The van der Waals surface area contributed by atoms with E-state index in [1.807, 2.05) is 54.6 Å². The van der Waals surface area contributed by atoms with Gasteiger partial charge in [0.1, 0.15) is 23.1 Å². The second-order valence-corrected chi connectivity index (χ2v) is 13.0. The van der Waals surface area contributed by atoms with E-state index < -0.39 is 36.8 Å². The molecule has 4 aromatic carbocycles. The summed E-state index contributed by atoms with van der Waals surface area (Å²) in [4.78, 5) is 56.1. The Morgan fingerprint density at radius 2 is 0.922 bits per heavy atom. The normalized spacial score (nSPS) is 10.6. The van der Waals surface area contributed by atoms with Crippen LogP contribution in [-0.4, -0.2) is 67.2 Å². The van der Waals surface area contributed by atoms with E-state index >= 15 is 0 Å². The monoisotopic (exact) mass is 742 g/mol. The number of aromatic nitrogens is 2. The maximum absolute atomic E-state index is 12.2. The lowest BCUT2D eigenvalue weighted by Crippen LogP contribution is -2.30. The first-order valence-corrected chi connectivity index (χ1v) is 16.9. The van der Waals surface area contributed by atoms with E-state index in [0.717, 1.165) is 9.79 Å². The van der Waals surface area contributed by atoms with Crippen LogP contribution in [0.4, 0.5) is 0 Å². The minimum absolute atomic E-state index is 0.196. The number of carboxylic acid groups (broad SMARTS) is 2. The third kappa shape index (κ3) is 9.25. The number of hydrogen-bond acceptors (Lipinski definition) is 10. The molecule has 2 aromatic heterocycles. The van der Waals surface area contributed by atoms with Crippen molar-refractivity contribution in [3.63, 3.8) is 0 Å². The SMILES string of the molecule is O=C(O)CNC(=O)c1nc(Sc2ccc(Cl)cc2)c2ccccc2c1O.O=C(O)CNC(=O)c1nc(Sc2ccccc2)c2ccccc2c1O. The Bertz CT molecular complexity index is 2260. The summed E-state index contributed by atoms with van der Waals surface area (Å²) in [7, 11) is 0. The molecule has 0 atom stereocenters. The molecule has 0 aliphatic rings. The highest BCUT2D eigenvalue weighted by Gasteiger charge is 2.21. The molecule has 6 N–H and O–H groups in total. The zero-order chi connectivity index (χ0) is 36.5. The first-order chi connectivity index (χ1) is 24.5. The molecule has 0 spiro atoms. The quantitative estimate of drug-likeness (QED) is 0.0896. The Morgan fingerprint density at radius 1 is 0.549 bits per heavy atom. The number of pyridine rings is 2. The van der Waals surface area contributed by atoms with Gasteiger partial charge in [0, 0.05) is 36.4 Å². The average Bonchev–Trinajstić information content (AvgIpc) is 3.13. The number of halogens is 1. The summed E-state index contributed by atoms with van der Waals surface area (Å²) in [6.45, 7) is -1.11. The largest absolute Gasteiger partial charge is 0.505 e. The molecule has 6 rings (SSSR count). The topological polar surface area (TPSA) is 199 Å². The Morgan fingerprint density at radius 3 is 1.33 bits per heavy atom. The number of carboxylic acids is 2. The number of rotatable bonds is 10. The molecule has 0 bridgehead atoms. The predicted molar refractivity (Wildman–Crippen MR) is 193 cm³/mol. The van der Waals surface area contributed by atoms with Crippen molar-refractivity contribution in [2.24, 2.45) is 0 Å². The van der Waals surface area contributed by atoms with Crippen LogP contribution in [0.2, 0.25) is 5.02 Å². The van der Waals surface area contributed by atoms with Crippen LogP contribution in [0.1, 0.15) is 21.0 Å². The Hall–Kier alpha value is -5.83. The second-order valence-electron chi connectivity index (χ2n) is 10.4. The van der Waals surface area contributed by atoms with Crippen molar-refractivity contribution in [3.05, 3.63) is 120 Å². The van der Waals surface area contributed by atoms with Gasteiger partial charge >= 0.3 is 11.9 Å². The number of aromatic hydroxyl groups is 2. The molecule has 2 amide bonds. The highest BCUT2D eigenvalue weighted by Crippen LogP contribution is 2.38. The fourth-order valence-corrected chi connectivity index (χ4v) is 6.59. The molecule has 0 radical (unpaired) electrons. The Labute approximate surface area is 303 Å². The highest BCUT2D eigenvalue weighted by molar-refractivity contribution is 7.99. The van der Waals surface area contributed by atoms with Crippen LogP contribution in [0.15, 0.2) is 123 Å². The van der Waals surface area contributed by atoms with Gasteiger partial charge < -0.3 is 31.1 Å². The number of aliphatic carboxylic acids is 2. The van der Waals surface area contributed by atoms with Gasteiger partial charge in [-0.3, -0.25) is 19.2 Å². The molecule has 0 unspecified atom stereocenters. The van der Waals surface area contributed by atoms with Gasteiger partial charge in [0.2, 0.25) is 0 Å². The zero-order valence-electron chi connectivity index (χ0n) is 26.2. The van der Waals surface area contributed by atoms with E-state index in [1.165, 1.54) is 23.5 Å². The van der Waals surface area contributed by atoms with Crippen LogP contribution in [0.5, 0.6) is 11.5 Å². The van der Waals surface area contributed by atoms with Crippen LogP contribution in [0, 0.1) is 0 Å². The van der Waals surface area contributed by atoms with E-state index in [1.54, 1.807) is 48.5 Å². The summed E-state index contributed by atoms with van der Waals surface area (Å²) in [5.41, 5.74) is -0.417. The van der Waals surface area contributed by atoms with E-state index in [2.05, 4.69) is 20.6 Å². The molecule has 0 aliphatic carbocycles. The molecule has 0 aliphatic heterocycles. The first-order valence-electron chi connectivity index (χ1n) is 14.9. The summed E-state index contributed by atoms with van der Waals surface area (Å²) < 4.78 is 0. The van der Waals surface area contributed by atoms with Gasteiger partial charge in [-0.15, -0.1) is 0 Å². The first kappa shape index (κ1) is 36.5. The molecule has 12 nitrogen and oxygen atoms in total.